The standard InChI is InChI=1S/C21H34O5S/c1-2-3-4-5-6-7-8-9-10-11-12-19-13-15-21(16-14-19)27(24,25)26-18-20(23)17-22/h13-16,22H,2-12,17-18H2,1H3. The van der Waals surface area contributed by atoms with Gasteiger partial charge in [-0.05, 0) is 30.5 Å². The molecule has 0 aromatic heterocycles. The Hall–Kier alpha value is -1.24. The number of benzene rings is 1. The van der Waals surface area contributed by atoms with Crippen LogP contribution in [-0.2, 0) is 25.5 Å². The van der Waals surface area contributed by atoms with Crippen LogP contribution in [0.4, 0.5) is 0 Å². The molecule has 0 radical (unpaired) electrons. The van der Waals surface area contributed by atoms with E-state index >= 15 is 0 Å². The van der Waals surface area contributed by atoms with Crippen molar-refractivity contribution in [3.8, 4) is 0 Å². The summed E-state index contributed by atoms with van der Waals surface area (Å²) in [6.45, 7) is 0.869. The van der Waals surface area contributed by atoms with Crippen molar-refractivity contribution in [3.05, 3.63) is 29.8 Å². The molecule has 0 fully saturated rings. The van der Waals surface area contributed by atoms with Crippen LogP contribution in [0.5, 0.6) is 0 Å². The van der Waals surface area contributed by atoms with E-state index in [1.165, 1.54) is 69.9 Å². The zero-order valence-electron chi connectivity index (χ0n) is 16.5. The number of aryl methyl sites for hydroxylation is 1. The van der Waals surface area contributed by atoms with Crippen LogP contribution in [0.25, 0.3) is 0 Å². The molecule has 0 aliphatic heterocycles. The Labute approximate surface area is 164 Å². The lowest BCUT2D eigenvalue weighted by molar-refractivity contribution is -0.123. The number of unbranched alkanes of at least 4 members (excludes halogenated alkanes) is 9. The lowest BCUT2D eigenvalue weighted by Gasteiger charge is -2.06. The smallest absolute Gasteiger partial charge is 0.297 e. The Kier molecular flexibility index (Phi) is 12.2. The molecule has 0 unspecified atom stereocenters. The minimum Gasteiger partial charge on any atom is -0.388 e. The number of aliphatic hydroxyl groups excluding tert-OH is 1. The quantitative estimate of drug-likeness (QED) is 0.329. The van der Waals surface area contributed by atoms with Gasteiger partial charge in [-0.25, -0.2) is 0 Å². The van der Waals surface area contributed by atoms with E-state index in [4.69, 9.17) is 5.11 Å². The van der Waals surface area contributed by atoms with Gasteiger partial charge in [0.15, 0.2) is 5.78 Å². The minimum atomic E-state index is -3.96. The number of ketones is 1. The highest BCUT2D eigenvalue weighted by Crippen LogP contribution is 2.16. The van der Waals surface area contributed by atoms with Gasteiger partial charge in [0, 0.05) is 0 Å². The first-order valence-corrected chi connectivity index (χ1v) is 11.5. The molecule has 0 amide bonds. The van der Waals surface area contributed by atoms with E-state index in [9.17, 15) is 13.2 Å². The number of carbonyl (C=O) groups excluding carboxylic acids is 1. The Balaban J connectivity index is 2.22. The van der Waals surface area contributed by atoms with Gasteiger partial charge < -0.3 is 5.11 Å². The molecule has 0 aliphatic carbocycles. The van der Waals surface area contributed by atoms with Gasteiger partial charge in [0.25, 0.3) is 10.1 Å². The second-order valence-electron chi connectivity index (χ2n) is 6.99. The summed E-state index contributed by atoms with van der Waals surface area (Å²) in [6, 6.07) is 6.59. The Bertz CT molecular complexity index is 622. The molecule has 0 aliphatic rings. The molecule has 0 heterocycles. The number of hydrogen-bond donors (Lipinski definition) is 1. The Morgan fingerprint density at radius 3 is 1.93 bits per heavy atom. The molecular weight excluding hydrogens is 364 g/mol. The molecule has 1 aromatic carbocycles. The van der Waals surface area contributed by atoms with Gasteiger partial charge in [-0.3, -0.25) is 8.98 Å². The zero-order valence-corrected chi connectivity index (χ0v) is 17.3. The van der Waals surface area contributed by atoms with E-state index in [2.05, 4.69) is 11.1 Å². The van der Waals surface area contributed by atoms with Crippen molar-refractivity contribution in [1.82, 2.24) is 0 Å². The topological polar surface area (TPSA) is 80.7 Å². The highest BCUT2D eigenvalue weighted by Gasteiger charge is 2.16. The molecule has 27 heavy (non-hydrogen) atoms. The van der Waals surface area contributed by atoms with Gasteiger partial charge in [0.1, 0.15) is 13.2 Å². The van der Waals surface area contributed by atoms with Gasteiger partial charge in [0.2, 0.25) is 0 Å². The number of carbonyl (C=O) groups is 1. The third-order valence-electron chi connectivity index (χ3n) is 4.58. The second-order valence-corrected chi connectivity index (χ2v) is 8.60. The number of rotatable bonds is 16. The van der Waals surface area contributed by atoms with E-state index < -0.39 is 29.1 Å². The van der Waals surface area contributed by atoms with E-state index in [1.807, 2.05) is 0 Å². The number of aliphatic hydroxyl groups is 1. The molecule has 0 saturated heterocycles. The molecule has 0 spiro atoms. The van der Waals surface area contributed by atoms with E-state index in [-0.39, 0.29) is 4.90 Å². The largest absolute Gasteiger partial charge is 0.388 e. The molecule has 154 valence electrons. The SMILES string of the molecule is CCCCCCCCCCCCc1ccc(S(=O)(=O)OCC(=O)CO)cc1. The zero-order chi connectivity index (χ0) is 20.0. The summed E-state index contributed by atoms with van der Waals surface area (Å²) in [6.07, 6.45) is 13.8. The van der Waals surface area contributed by atoms with Gasteiger partial charge in [-0.2, -0.15) is 8.42 Å². The fourth-order valence-corrected chi connectivity index (χ4v) is 3.79. The predicted molar refractivity (Wildman–Crippen MR) is 107 cm³/mol. The molecule has 1 N–H and O–H groups in total. The first-order chi connectivity index (χ1) is 13.0. The van der Waals surface area contributed by atoms with Crippen molar-refractivity contribution in [2.75, 3.05) is 13.2 Å². The summed E-state index contributed by atoms with van der Waals surface area (Å²) in [5.41, 5.74) is 1.10. The molecule has 0 atom stereocenters. The average molecular weight is 399 g/mol. The van der Waals surface area contributed by atoms with Crippen LogP contribution in [-0.4, -0.2) is 32.5 Å². The van der Waals surface area contributed by atoms with Crippen molar-refractivity contribution in [1.29, 1.82) is 0 Å². The molecular formula is C21H34O5S. The monoisotopic (exact) mass is 398 g/mol. The average Bonchev–Trinajstić information content (AvgIpc) is 2.68. The van der Waals surface area contributed by atoms with Crippen LogP contribution in [0.3, 0.4) is 0 Å². The second kappa shape index (κ2) is 13.9. The van der Waals surface area contributed by atoms with Crippen LogP contribution in [0, 0.1) is 0 Å². The van der Waals surface area contributed by atoms with E-state index in [0.29, 0.717) is 0 Å². The van der Waals surface area contributed by atoms with Crippen molar-refractivity contribution in [2.45, 2.75) is 82.4 Å². The molecule has 1 aromatic rings. The summed E-state index contributed by atoms with van der Waals surface area (Å²) in [7, 11) is -3.96. The Morgan fingerprint density at radius 2 is 1.41 bits per heavy atom. The van der Waals surface area contributed by atoms with E-state index in [1.54, 1.807) is 12.1 Å². The van der Waals surface area contributed by atoms with Crippen molar-refractivity contribution in [3.63, 3.8) is 0 Å². The van der Waals surface area contributed by atoms with Crippen LogP contribution < -0.4 is 0 Å². The summed E-state index contributed by atoms with van der Waals surface area (Å²) in [5.74, 6) is -0.670. The van der Waals surface area contributed by atoms with Crippen LogP contribution in [0.1, 0.15) is 76.7 Å². The van der Waals surface area contributed by atoms with Gasteiger partial charge in [-0.15, -0.1) is 0 Å². The first kappa shape index (κ1) is 23.8. The van der Waals surface area contributed by atoms with Gasteiger partial charge in [-0.1, -0.05) is 76.8 Å². The summed E-state index contributed by atoms with van der Waals surface area (Å²) in [5, 5.41) is 8.61. The highest BCUT2D eigenvalue weighted by atomic mass is 32.2. The third kappa shape index (κ3) is 10.6. The molecule has 6 heteroatoms. The van der Waals surface area contributed by atoms with Crippen LogP contribution >= 0.6 is 0 Å². The number of Topliss-reactive ketones (excluding diaryl/α,β-unsaturated/α-hetero) is 1. The number of hydrogen-bond acceptors (Lipinski definition) is 5. The third-order valence-corrected chi connectivity index (χ3v) is 5.86. The van der Waals surface area contributed by atoms with Crippen molar-refractivity contribution < 1.29 is 22.5 Å². The summed E-state index contributed by atoms with van der Waals surface area (Å²) in [4.78, 5) is 11.0. The van der Waals surface area contributed by atoms with Crippen LogP contribution in [0.15, 0.2) is 29.2 Å². The minimum absolute atomic E-state index is 0.0278. The van der Waals surface area contributed by atoms with Gasteiger partial charge in [0.05, 0.1) is 4.90 Å². The maximum atomic E-state index is 12.0. The lowest BCUT2D eigenvalue weighted by atomic mass is 10.0. The summed E-state index contributed by atoms with van der Waals surface area (Å²) >= 11 is 0. The Morgan fingerprint density at radius 1 is 0.889 bits per heavy atom. The lowest BCUT2D eigenvalue weighted by Crippen LogP contribution is -2.17. The summed E-state index contributed by atoms with van der Waals surface area (Å²) < 4.78 is 28.5. The fraction of sp³-hybridized carbons (Fsp3) is 0.667. The maximum Gasteiger partial charge on any atom is 0.297 e. The van der Waals surface area contributed by atoms with Gasteiger partial charge >= 0.3 is 0 Å². The molecule has 0 bridgehead atoms. The van der Waals surface area contributed by atoms with Crippen LogP contribution in [0.2, 0.25) is 0 Å². The molecule has 1 rings (SSSR count). The maximum absolute atomic E-state index is 12.0. The normalized spacial score (nSPS) is 11.6. The molecule has 5 nitrogen and oxygen atoms in total. The van der Waals surface area contributed by atoms with Crippen molar-refractivity contribution in [2.24, 2.45) is 0 Å². The first-order valence-electron chi connectivity index (χ1n) is 10.1. The molecule has 0 saturated carbocycles. The fourth-order valence-electron chi connectivity index (χ4n) is 2.90. The van der Waals surface area contributed by atoms with E-state index in [0.717, 1.165) is 18.4 Å². The highest BCUT2D eigenvalue weighted by molar-refractivity contribution is 7.86. The predicted octanol–water partition coefficient (Wildman–Crippen LogP) is 4.42. The van der Waals surface area contributed by atoms with Crippen molar-refractivity contribution >= 4 is 15.9 Å².